The van der Waals surface area contributed by atoms with E-state index in [-0.39, 0.29) is 0 Å². The largest absolute Gasteiger partial charge is 0.384 e. The van der Waals surface area contributed by atoms with Crippen LogP contribution in [0.4, 0.5) is 10.2 Å². The molecule has 0 amide bonds. The van der Waals surface area contributed by atoms with Crippen LogP contribution >= 0.6 is 0 Å². The summed E-state index contributed by atoms with van der Waals surface area (Å²) in [6.45, 7) is 1.55. The first-order valence-corrected chi connectivity index (χ1v) is 5.19. The molecule has 1 unspecified atom stereocenters. The number of anilines is 1. The highest BCUT2D eigenvalue weighted by Gasteiger charge is 2.11. The fraction of sp³-hybridized carbons (Fsp3) is 0.250. The summed E-state index contributed by atoms with van der Waals surface area (Å²) in [6.07, 6.45) is 1.19. The molecule has 84 valence electrons. The van der Waals surface area contributed by atoms with Gasteiger partial charge in [-0.3, -0.25) is 5.10 Å². The van der Waals surface area contributed by atoms with E-state index in [1.54, 1.807) is 13.1 Å². The predicted molar refractivity (Wildman–Crippen MR) is 62.7 cm³/mol. The highest BCUT2D eigenvalue weighted by molar-refractivity contribution is 5.75. The van der Waals surface area contributed by atoms with Crippen molar-refractivity contribution in [2.45, 2.75) is 19.5 Å². The molecular formula is C12H14FN3. The fourth-order valence-electron chi connectivity index (χ4n) is 1.77. The van der Waals surface area contributed by atoms with Crippen LogP contribution in [0.15, 0.2) is 30.5 Å². The van der Waals surface area contributed by atoms with E-state index in [9.17, 15) is 4.39 Å². The summed E-state index contributed by atoms with van der Waals surface area (Å²) in [7, 11) is 0. The second-order valence-corrected chi connectivity index (χ2v) is 3.84. The van der Waals surface area contributed by atoms with E-state index in [1.165, 1.54) is 0 Å². The predicted octanol–water partition coefficient (Wildman–Crippen LogP) is 2.56. The lowest BCUT2D eigenvalue weighted by molar-refractivity contribution is 0.360. The molecule has 0 radical (unpaired) electrons. The molecule has 0 saturated carbocycles. The first kappa shape index (κ1) is 10.7. The lowest BCUT2D eigenvalue weighted by atomic mass is 9.98. The summed E-state index contributed by atoms with van der Waals surface area (Å²) in [6, 6.07) is 7.66. The molecule has 1 atom stereocenters. The van der Waals surface area contributed by atoms with Crippen molar-refractivity contribution in [3.8, 4) is 11.1 Å². The van der Waals surface area contributed by atoms with E-state index in [0.717, 1.165) is 16.7 Å². The molecule has 1 aromatic carbocycles. The van der Waals surface area contributed by atoms with Gasteiger partial charge >= 0.3 is 0 Å². The Bertz CT molecular complexity index is 477. The van der Waals surface area contributed by atoms with Crippen molar-refractivity contribution in [2.24, 2.45) is 0 Å². The minimum atomic E-state index is -0.866. The number of nitrogen functional groups attached to an aromatic ring is 1. The number of hydrogen-bond acceptors (Lipinski definition) is 2. The number of nitrogens with two attached hydrogens (primary N) is 1. The van der Waals surface area contributed by atoms with Crippen molar-refractivity contribution in [3.05, 3.63) is 36.0 Å². The van der Waals surface area contributed by atoms with Crippen LogP contribution in [0.2, 0.25) is 0 Å². The van der Waals surface area contributed by atoms with Gasteiger partial charge in [-0.25, -0.2) is 4.39 Å². The Morgan fingerprint density at radius 3 is 2.75 bits per heavy atom. The maximum absolute atomic E-state index is 13.1. The van der Waals surface area contributed by atoms with Crippen molar-refractivity contribution >= 4 is 5.82 Å². The van der Waals surface area contributed by atoms with E-state index in [4.69, 9.17) is 5.73 Å². The molecule has 3 nitrogen and oxygen atoms in total. The number of alkyl halides is 1. The highest BCUT2D eigenvalue weighted by Crippen LogP contribution is 2.28. The van der Waals surface area contributed by atoms with E-state index in [0.29, 0.717) is 12.2 Å². The first-order valence-electron chi connectivity index (χ1n) is 5.19. The lowest BCUT2D eigenvalue weighted by Crippen LogP contribution is -2.00. The van der Waals surface area contributed by atoms with Gasteiger partial charge in [0.2, 0.25) is 0 Å². The Kier molecular flexibility index (Phi) is 2.90. The number of aromatic nitrogens is 2. The molecular weight excluding hydrogens is 205 g/mol. The van der Waals surface area contributed by atoms with Crippen LogP contribution in [-0.2, 0) is 6.42 Å². The maximum atomic E-state index is 13.1. The summed E-state index contributed by atoms with van der Waals surface area (Å²) in [5, 5.41) is 6.56. The van der Waals surface area contributed by atoms with Crippen LogP contribution in [0.25, 0.3) is 11.1 Å². The molecule has 4 heteroatoms. The van der Waals surface area contributed by atoms with Crippen molar-refractivity contribution < 1.29 is 4.39 Å². The van der Waals surface area contributed by atoms with Gasteiger partial charge in [0.1, 0.15) is 12.0 Å². The van der Waals surface area contributed by atoms with Gasteiger partial charge in [0.15, 0.2) is 0 Å². The van der Waals surface area contributed by atoms with Crippen LogP contribution in [0.1, 0.15) is 12.5 Å². The van der Waals surface area contributed by atoms with Crippen LogP contribution in [0.3, 0.4) is 0 Å². The number of nitrogens with zero attached hydrogens (tertiary/aromatic N) is 1. The van der Waals surface area contributed by atoms with Gasteiger partial charge in [-0.05, 0) is 18.1 Å². The molecule has 0 spiro atoms. The molecule has 0 aliphatic carbocycles. The monoisotopic (exact) mass is 219 g/mol. The summed E-state index contributed by atoms with van der Waals surface area (Å²) in [4.78, 5) is 0. The topological polar surface area (TPSA) is 54.7 Å². The normalized spacial score (nSPS) is 12.6. The summed E-state index contributed by atoms with van der Waals surface area (Å²) < 4.78 is 13.1. The Morgan fingerprint density at radius 2 is 2.12 bits per heavy atom. The van der Waals surface area contributed by atoms with Gasteiger partial charge in [0, 0.05) is 12.0 Å². The Labute approximate surface area is 93.5 Å². The van der Waals surface area contributed by atoms with Crippen LogP contribution in [-0.4, -0.2) is 16.4 Å². The van der Waals surface area contributed by atoms with Gasteiger partial charge in [-0.1, -0.05) is 24.3 Å². The second-order valence-electron chi connectivity index (χ2n) is 3.84. The Hall–Kier alpha value is -1.84. The quantitative estimate of drug-likeness (QED) is 0.833. The minimum Gasteiger partial charge on any atom is -0.384 e. The molecule has 1 heterocycles. The Morgan fingerprint density at radius 1 is 1.38 bits per heavy atom. The number of rotatable bonds is 3. The molecule has 0 aliphatic rings. The summed E-state index contributed by atoms with van der Waals surface area (Å²) >= 11 is 0. The van der Waals surface area contributed by atoms with Gasteiger partial charge < -0.3 is 5.73 Å². The SMILES string of the molecule is CC(F)Cc1ccccc1-c1cn[nH]c1N. The van der Waals surface area contributed by atoms with E-state index in [2.05, 4.69) is 10.2 Å². The van der Waals surface area contributed by atoms with Crippen molar-refractivity contribution in [3.63, 3.8) is 0 Å². The third-order valence-electron chi connectivity index (χ3n) is 2.48. The third-order valence-corrected chi connectivity index (χ3v) is 2.48. The van der Waals surface area contributed by atoms with Crippen molar-refractivity contribution in [2.75, 3.05) is 5.73 Å². The number of halogens is 1. The van der Waals surface area contributed by atoms with E-state index >= 15 is 0 Å². The van der Waals surface area contributed by atoms with Gasteiger partial charge in [0.25, 0.3) is 0 Å². The molecule has 3 N–H and O–H groups in total. The number of aromatic amines is 1. The van der Waals surface area contributed by atoms with Crippen molar-refractivity contribution in [1.29, 1.82) is 0 Å². The molecule has 16 heavy (non-hydrogen) atoms. The highest BCUT2D eigenvalue weighted by atomic mass is 19.1. The van der Waals surface area contributed by atoms with Gasteiger partial charge in [0.05, 0.1) is 6.20 Å². The van der Waals surface area contributed by atoms with Crippen LogP contribution < -0.4 is 5.73 Å². The van der Waals surface area contributed by atoms with E-state index in [1.807, 2.05) is 24.3 Å². The zero-order chi connectivity index (χ0) is 11.5. The average molecular weight is 219 g/mol. The standard InChI is InChI=1S/C12H14FN3/c1-8(13)6-9-4-2-3-5-10(9)11-7-15-16-12(11)14/h2-5,7-8H,6H2,1H3,(H3,14,15,16). The maximum Gasteiger partial charge on any atom is 0.126 e. The zero-order valence-corrected chi connectivity index (χ0v) is 9.07. The minimum absolute atomic E-state index is 0.390. The molecule has 0 fully saturated rings. The molecule has 0 bridgehead atoms. The van der Waals surface area contributed by atoms with Crippen LogP contribution in [0.5, 0.6) is 0 Å². The number of H-pyrrole nitrogens is 1. The van der Waals surface area contributed by atoms with E-state index < -0.39 is 6.17 Å². The number of benzene rings is 1. The van der Waals surface area contributed by atoms with Gasteiger partial charge in [-0.15, -0.1) is 0 Å². The Balaban J connectivity index is 2.44. The molecule has 0 saturated heterocycles. The smallest absolute Gasteiger partial charge is 0.126 e. The second kappa shape index (κ2) is 4.35. The van der Waals surface area contributed by atoms with Crippen molar-refractivity contribution in [1.82, 2.24) is 10.2 Å². The zero-order valence-electron chi connectivity index (χ0n) is 9.07. The van der Waals surface area contributed by atoms with Crippen LogP contribution in [0, 0.1) is 0 Å². The summed E-state index contributed by atoms with van der Waals surface area (Å²) in [5.74, 6) is 0.513. The average Bonchev–Trinajstić information content (AvgIpc) is 2.64. The molecule has 1 aromatic heterocycles. The first-order chi connectivity index (χ1) is 7.68. The number of hydrogen-bond donors (Lipinski definition) is 2. The molecule has 2 rings (SSSR count). The molecule has 2 aromatic rings. The lowest BCUT2D eigenvalue weighted by Gasteiger charge is -2.09. The third kappa shape index (κ3) is 2.05. The van der Waals surface area contributed by atoms with Gasteiger partial charge in [-0.2, -0.15) is 5.10 Å². The fourth-order valence-corrected chi connectivity index (χ4v) is 1.77. The summed E-state index contributed by atoms with van der Waals surface area (Å²) in [5.41, 5.74) is 8.48. The molecule has 0 aliphatic heterocycles. The number of nitrogens with one attached hydrogen (secondary N) is 1.